The third-order valence-corrected chi connectivity index (χ3v) is 6.52. The number of amides is 1. The van der Waals surface area contributed by atoms with Crippen LogP contribution in [0.4, 0.5) is 5.69 Å². The van der Waals surface area contributed by atoms with Crippen LogP contribution in [-0.2, 0) is 11.3 Å². The molecule has 1 amide bonds. The summed E-state index contributed by atoms with van der Waals surface area (Å²) >= 11 is 0. The van der Waals surface area contributed by atoms with Gasteiger partial charge in [0.05, 0.1) is 0 Å². The first-order chi connectivity index (χ1) is 17.1. The average Bonchev–Trinajstić information content (AvgIpc) is 3.34. The van der Waals surface area contributed by atoms with Gasteiger partial charge in [0.15, 0.2) is 17.3 Å². The van der Waals surface area contributed by atoms with Crippen LogP contribution in [0.2, 0.25) is 0 Å². The fourth-order valence-corrected chi connectivity index (χ4v) is 4.67. The predicted molar refractivity (Wildman–Crippen MR) is 134 cm³/mol. The Morgan fingerprint density at radius 3 is 2.43 bits per heavy atom. The second-order valence-electron chi connectivity index (χ2n) is 8.94. The first kappa shape index (κ1) is 23.1. The van der Waals surface area contributed by atoms with Crippen LogP contribution in [0.5, 0.6) is 11.5 Å². The van der Waals surface area contributed by atoms with Crippen molar-refractivity contribution in [3.8, 4) is 11.5 Å². The lowest BCUT2D eigenvalue weighted by Crippen LogP contribution is -2.49. The van der Waals surface area contributed by atoms with Gasteiger partial charge in [0.1, 0.15) is 6.04 Å². The number of benzene rings is 3. The molecule has 180 valence electrons. The lowest BCUT2D eigenvalue weighted by Gasteiger charge is -2.38. The fourth-order valence-electron chi connectivity index (χ4n) is 4.67. The minimum absolute atomic E-state index is 0.0284. The summed E-state index contributed by atoms with van der Waals surface area (Å²) in [6.07, 6.45) is 0. The van der Waals surface area contributed by atoms with Crippen molar-refractivity contribution in [1.29, 1.82) is 0 Å². The van der Waals surface area contributed by atoms with Crippen molar-refractivity contribution in [3.63, 3.8) is 0 Å². The van der Waals surface area contributed by atoms with Crippen molar-refractivity contribution < 1.29 is 19.1 Å². The van der Waals surface area contributed by atoms with E-state index in [1.54, 1.807) is 18.2 Å². The molecule has 35 heavy (non-hydrogen) atoms. The van der Waals surface area contributed by atoms with Crippen LogP contribution in [0, 0.1) is 0 Å². The van der Waals surface area contributed by atoms with E-state index in [0.717, 1.165) is 49.8 Å². The highest BCUT2D eigenvalue weighted by Gasteiger charge is 2.30. The number of nitrogens with zero attached hydrogens (tertiary/aromatic N) is 2. The van der Waals surface area contributed by atoms with E-state index in [2.05, 4.69) is 21.2 Å². The Hall–Kier alpha value is -3.68. The first-order valence-electron chi connectivity index (χ1n) is 11.9. The maximum Gasteiger partial charge on any atom is 0.246 e. The Morgan fingerprint density at radius 2 is 1.66 bits per heavy atom. The minimum Gasteiger partial charge on any atom is -0.454 e. The monoisotopic (exact) mass is 471 g/mol. The highest BCUT2D eigenvalue weighted by atomic mass is 16.7. The fraction of sp³-hybridized carbons (Fsp3) is 0.286. The van der Waals surface area contributed by atoms with E-state index in [0.29, 0.717) is 11.3 Å². The third kappa shape index (κ3) is 5.37. The van der Waals surface area contributed by atoms with Crippen molar-refractivity contribution in [2.45, 2.75) is 19.5 Å². The van der Waals surface area contributed by atoms with Gasteiger partial charge in [-0.3, -0.25) is 19.4 Å². The van der Waals surface area contributed by atoms with Crippen molar-refractivity contribution in [2.24, 2.45) is 0 Å². The van der Waals surface area contributed by atoms with Gasteiger partial charge in [-0.2, -0.15) is 0 Å². The van der Waals surface area contributed by atoms with Gasteiger partial charge in [-0.25, -0.2) is 0 Å². The number of piperazine rings is 1. The zero-order chi connectivity index (χ0) is 24.2. The molecule has 0 aliphatic carbocycles. The number of hydrogen-bond donors (Lipinski definition) is 1. The molecule has 2 aliphatic rings. The molecule has 2 aliphatic heterocycles. The normalized spacial score (nSPS) is 16.6. The Balaban J connectivity index is 1.27. The second kappa shape index (κ2) is 10.3. The molecular formula is C28H29N3O4. The summed E-state index contributed by atoms with van der Waals surface area (Å²) in [5.74, 6) is 1.47. The van der Waals surface area contributed by atoms with Gasteiger partial charge < -0.3 is 14.8 Å². The molecule has 0 radical (unpaired) electrons. The number of hydrogen-bond acceptors (Lipinski definition) is 6. The van der Waals surface area contributed by atoms with Gasteiger partial charge in [-0.15, -0.1) is 0 Å². The van der Waals surface area contributed by atoms with Gasteiger partial charge in [0.25, 0.3) is 0 Å². The van der Waals surface area contributed by atoms with E-state index in [4.69, 9.17) is 9.47 Å². The van der Waals surface area contributed by atoms with Crippen LogP contribution >= 0.6 is 0 Å². The molecule has 0 saturated carbocycles. The summed E-state index contributed by atoms with van der Waals surface area (Å²) in [5, 5.41) is 3.04. The summed E-state index contributed by atoms with van der Waals surface area (Å²) in [5.41, 5.74) is 3.35. The van der Waals surface area contributed by atoms with E-state index in [-0.39, 0.29) is 18.5 Å². The molecule has 7 nitrogen and oxygen atoms in total. The number of carbonyl (C=O) groups is 2. The number of ketones is 1. The molecule has 1 saturated heterocycles. The number of ether oxygens (including phenoxy) is 2. The highest BCUT2D eigenvalue weighted by molar-refractivity contribution is 5.98. The molecule has 0 spiro atoms. The smallest absolute Gasteiger partial charge is 0.246 e. The standard InChI is InChI=1S/C28H29N3O4/c1-20(32)23-8-5-9-24(17-23)29-28(33)27(22-6-3-2-4-7-22)31-14-12-30(13-15-31)18-21-10-11-25-26(16-21)35-19-34-25/h2-11,16-17,27H,12-15,18-19H2,1H3,(H,29,33). The van der Waals surface area contributed by atoms with Crippen LogP contribution < -0.4 is 14.8 Å². The van der Waals surface area contributed by atoms with Crippen LogP contribution in [0.3, 0.4) is 0 Å². The van der Waals surface area contributed by atoms with E-state index >= 15 is 0 Å². The van der Waals surface area contributed by atoms with Crippen LogP contribution in [0.1, 0.15) is 34.5 Å². The molecule has 1 unspecified atom stereocenters. The molecule has 0 bridgehead atoms. The van der Waals surface area contributed by atoms with Gasteiger partial charge in [-0.1, -0.05) is 48.5 Å². The Bertz CT molecular complexity index is 1210. The summed E-state index contributed by atoms with van der Waals surface area (Å²) in [4.78, 5) is 29.9. The van der Waals surface area contributed by atoms with Crippen LogP contribution in [-0.4, -0.2) is 54.5 Å². The quantitative estimate of drug-likeness (QED) is 0.523. The summed E-state index contributed by atoms with van der Waals surface area (Å²) in [6, 6.07) is 22.6. The second-order valence-corrected chi connectivity index (χ2v) is 8.94. The Labute approximate surface area is 205 Å². The van der Waals surface area contributed by atoms with Crippen molar-refractivity contribution in [3.05, 3.63) is 89.5 Å². The third-order valence-electron chi connectivity index (χ3n) is 6.52. The van der Waals surface area contributed by atoms with Gasteiger partial charge in [0, 0.05) is 44.0 Å². The Kier molecular flexibility index (Phi) is 6.79. The minimum atomic E-state index is -0.412. The van der Waals surface area contributed by atoms with Crippen molar-refractivity contribution in [1.82, 2.24) is 9.80 Å². The van der Waals surface area contributed by atoms with E-state index in [1.165, 1.54) is 12.5 Å². The summed E-state index contributed by atoms with van der Waals surface area (Å²) in [7, 11) is 0. The summed E-state index contributed by atoms with van der Waals surface area (Å²) < 4.78 is 10.9. The van der Waals surface area contributed by atoms with Crippen molar-refractivity contribution in [2.75, 3.05) is 38.3 Å². The predicted octanol–water partition coefficient (Wildman–Crippen LogP) is 4.12. The van der Waals surface area contributed by atoms with Crippen molar-refractivity contribution >= 4 is 17.4 Å². The lowest BCUT2D eigenvalue weighted by atomic mass is 10.0. The molecule has 2 heterocycles. The zero-order valence-electron chi connectivity index (χ0n) is 19.8. The molecule has 3 aromatic rings. The largest absolute Gasteiger partial charge is 0.454 e. The molecule has 7 heteroatoms. The number of nitrogens with one attached hydrogen (secondary N) is 1. The van der Waals surface area contributed by atoms with Gasteiger partial charge in [0.2, 0.25) is 12.7 Å². The van der Waals surface area contributed by atoms with E-state index in [1.807, 2.05) is 48.5 Å². The maximum atomic E-state index is 13.5. The first-order valence-corrected chi connectivity index (χ1v) is 11.9. The molecule has 1 atom stereocenters. The number of fused-ring (bicyclic) bond motifs is 1. The van der Waals surface area contributed by atoms with Gasteiger partial charge >= 0.3 is 0 Å². The molecule has 1 N–H and O–H groups in total. The molecule has 3 aromatic carbocycles. The van der Waals surface area contributed by atoms with E-state index < -0.39 is 6.04 Å². The summed E-state index contributed by atoms with van der Waals surface area (Å²) in [6.45, 7) is 5.87. The highest BCUT2D eigenvalue weighted by Crippen LogP contribution is 2.33. The van der Waals surface area contributed by atoms with Crippen LogP contribution in [0.15, 0.2) is 72.8 Å². The zero-order valence-corrected chi connectivity index (χ0v) is 19.8. The van der Waals surface area contributed by atoms with E-state index in [9.17, 15) is 9.59 Å². The number of carbonyl (C=O) groups excluding carboxylic acids is 2. The Morgan fingerprint density at radius 1 is 0.886 bits per heavy atom. The molecule has 5 rings (SSSR count). The average molecular weight is 472 g/mol. The molecule has 0 aromatic heterocycles. The SMILES string of the molecule is CC(=O)c1cccc(NC(=O)C(c2ccccc2)N2CCN(Cc3ccc4c(c3)OCO4)CC2)c1. The maximum absolute atomic E-state index is 13.5. The van der Waals surface area contributed by atoms with Crippen LogP contribution in [0.25, 0.3) is 0 Å². The molecule has 1 fully saturated rings. The number of rotatable bonds is 7. The number of anilines is 1. The van der Waals surface area contributed by atoms with Gasteiger partial charge in [-0.05, 0) is 42.3 Å². The molecular weight excluding hydrogens is 442 g/mol. The number of Topliss-reactive ketones (excluding diaryl/α,β-unsaturated/α-hetero) is 1. The topological polar surface area (TPSA) is 71.1 Å². The lowest BCUT2D eigenvalue weighted by molar-refractivity contribution is -0.122.